The third-order valence-corrected chi connectivity index (χ3v) is 2.32. The second kappa shape index (κ2) is 6.39. The fourth-order valence-corrected chi connectivity index (χ4v) is 1.47. The Labute approximate surface area is 99.2 Å². The first kappa shape index (κ1) is 13.7. The molecule has 0 aromatic carbocycles. The molecule has 0 saturated carbocycles. The van der Waals surface area contributed by atoms with Crippen LogP contribution >= 0.6 is 0 Å². The Morgan fingerprint density at radius 1 is 1.65 bits per heavy atom. The van der Waals surface area contributed by atoms with Crippen molar-refractivity contribution in [2.75, 3.05) is 20.3 Å². The van der Waals surface area contributed by atoms with Gasteiger partial charge >= 0.3 is 5.97 Å². The minimum atomic E-state index is -1.08. The van der Waals surface area contributed by atoms with Crippen LogP contribution in [0.25, 0.3) is 0 Å². The molecular formula is C11H17NO5. The van der Waals surface area contributed by atoms with Crippen LogP contribution in [0.3, 0.4) is 0 Å². The topological polar surface area (TPSA) is 91.9 Å². The highest BCUT2D eigenvalue weighted by Gasteiger charge is 2.15. The lowest BCUT2D eigenvalue weighted by atomic mass is 10.2. The van der Waals surface area contributed by atoms with E-state index < -0.39 is 5.97 Å². The molecule has 0 aliphatic rings. The molecule has 0 bridgehead atoms. The van der Waals surface area contributed by atoms with Gasteiger partial charge < -0.3 is 24.7 Å². The van der Waals surface area contributed by atoms with Gasteiger partial charge in [0, 0.05) is 12.7 Å². The third kappa shape index (κ3) is 3.85. The maximum Gasteiger partial charge on any atom is 0.372 e. The van der Waals surface area contributed by atoms with E-state index in [0.717, 1.165) is 0 Å². The second-order valence-electron chi connectivity index (χ2n) is 3.75. The Hall–Kier alpha value is -1.37. The second-order valence-corrected chi connectivity index (χ2v) is 3.75. The molecule has 96 valence electrons. The summed E-state index contributed by atoms with van der Waals surface area (Å²) in [5.41, 5.74) is 0.585. The van der Waals surface area contributed by atoms with E-state index >= 15 is 0 Å². The van der Waals surface area contributed by atoms with Gasteiger partial charge in [-0.3, -0.25) is 0 Å². The fraction of sp³-hybridized carbons (Fsp3) is 0.545. The summed E-state index contributed by atoms with van der Waals surface area (Å²) in [7, 11) is 1.55. The number of nitrogens with one attached hydrogen (secondary N) is 1. The number of carboxylic acids is 1. The van der Waals surface area contributed by atoms with Crippen molar-refractivity contribution < 1.29 is 24.2 Å². The molecule has 1 heterocycles. The first-order valence-corrected chi connectivity index (χ1v) is 5.24. The number of aromatic carboxylic acids is 1. The number of aryl methyl sites for hydroxylation is 1. The number of carbonyl (C=O) groups is 1. The first-order chi connectivity index (χ1) is 8.08. The minimum Gasteiger partial charge on any atom is -0.475 e. The number of aliphatic hydroxyl groups is 1. The van der Waals surface area contributed by atoms with Crippen LogP contribution in [-0.2, 0) is 11.3 Å². The van der Waals surface area contributed by atoms with E-state index in [-0.39, 0.29) is 18.4 Å². The highest BCUT2D eigenvalue weighted by molar-refractivity contribution is 5.86. The predicted molar refractivity (Wildman–Crippen MR) is 60.0 cm³/mol. The summed E-state index contributed by atoms with van der Waals surface area (Å²) in [6.07, 6.45) is 0. The molecular weight excluding hydrogens is 226 g/mol. The summed E-state index contributed by atoms with van der Waals surface area (Å²) in [5, 5.41) is 20.8. The van der Waals surface area contributed by atoms with Gasteiger partial charge in [-0.1, -0.05) is 0 Å². The molecule has 0 aliphatic carbocycles. The number of methoxy groups -OCH3 is 1. The van der Waals surface area contributed by atoms with E-state index in [4.69, 9.17) is 19.4 Å². The van der Waals surface area contributed by atoms with Crippen molar-refractivity contribution in [2.45, 2.75) is 19.5 Å². The van der Waals surface area contributed by atoms with Crippen LogP contribution < -0.4 is 5.32 Å². The molecule has 1 atom stereocenters. The summed E-state index contributed by atoms with van der Waals surface area (Å²) < 4.78 is 10.1. The molecule has 0 saturated heterocycles. The van der Waals surface area contributed by atoms with Crippen LogP contribution in [0.2, 0.25) is 0 Å². The van der Waals surface area contributed by atoms with Gasteiger partial charge in [0.15, 0.2) is 0 Å². The normalized spacial score (nSPS) is 12.6. The summed E-state index contributed by atoms with van der Waals surface area (Å²) in [5.74, 6) is -0.604. The van der Waals surface area contributed by atoms with Gasteiger partial charge in [0.2, 0.25) is 5.76 Å². The molecule has 3 N–H and O–H groups in total. The van der Waals surface area contributed by atoms with Crippen molar-refractivity contribution in [3.63, 3.8) is 0 Å². The van der Waals surface area contributed by atoms with Crippen LogP contribution in [0.4, 0.5) is 0 Å². The largest absolute Gasteiger partial charge is 0.475 e. The van der Waals surface area contributed by atoms with Gasteiger partial charge in [-0.05, 0) is 13.0 Å². The zero-order valence-corrected chi connectivity index (χ0v) is 9.90. The Kier molecular flexibility index (Phi) is 5.14. The number of hydrogen-bond donors (Lipinski definition) is 3. The van der Waals surface area contributed by atoms with E-state index in [1.165, 1.54) is 0 Å². The van der Waals surface area contributed by atoms with Crippen LogP contribution in [0.1, 0.15) is 21.9 Å². The average molecular weight is 243 g/mol. The molecule has 6 heteroatoms. The Morgan fingerprint density at radius 2 is 2.35 bits per heavy atom. The molecule has 1 unspecified atom stereocenters. The molecule has 0 aliphatic heterocycles. The highest BCUT2D eigenvalue weighted by Crippen LogP contribution is 2.14. The third-order valence-electron chi connectivity index (χ3n) is 2.32. The van der Waals surface area contributed by atoms with Crippen LogP contribution in [-0.4, -0.2) is 42.5 Å². The smallest absolute Gasteiger partial charge is 0.372 e. The highest BCUT2D eigenvalue weighted by atomic mass is 16.5. The molecule has 0 fully saturated rings. The van der Waals surface area contributed by atoms with Gasteiger partial charge in [-0.25, -0.2) is 4.79 Å². The monoisotopic (exact) mass is 243 g/mol. The van der Waals surface area contributed by atoms with E-state index in [9.17, 15) is 4.79 Å². The number of aliphatic hydroxyl groups excluding tert-OH is 1. The van der Waals surface area contributed by atoms with Gasteiger partial charge in [0.25, 0.3) is 0 Å². The minimum absolute atomic E-state index is 0.0471. The maximum absolute atomic E-state index is 10.8. The standard InChI is InChI=1S/C11H17NO5/c1-7-3-9(17-10(7)11(14)15)4-12-8(5-13)6-16-2/h3,8,12-13H,4-6H2,1-2H3,(H,14,15). The molecule has 1 aromatic heterocycles. The van der Waals surface area contributed by atoms with Crippen molar-refractivity contribution in [1.82, 2.24) is 5.32 Å². The fourth-order valence-electron chi connectivity index (χ4n) is 1.47. The Bertz CT molecular complexity index is 374. The summed E-state index contributed by atoms with van der Waals surface area (Å²) in [4.78, 5) is 10.8. The SMILES string of the molecule is COCC(CO)NCc1cc(C)c(C(=O)O)o1. The number of hydrogen-bond acceptors (Lipinski definition) is 5. The molecule has 17 heavy (non-hydrogen) atoms. The van der Waals surface area contributed by atoms with Crippen LogP contribution in [0.5, 0.6) is 0 Å². The van der Waals surface area contributed by atoms with Crippen molar-refractivity contribution in [1.29, 1.82) is 0 Å². The van der Waals surface area contributed by atoms with Crippen LogP contribution in [0.15, 0.2) is 10.5 Å². The predicted octanol–water partition coefficient (Wildman–Crippen LogP) is 0.383. The maximum atomic E-state index is 10.8. The Morgan fingerprint density at radius 3 is 2.82 bits per heavy atom. The lowest BCUT2D eigenvalue weighted by Gasteiger charge is -2.13. The summed E-state index contributed by atoms with van der Waals surface area (Å²) in [6, 6.07) is 1.47. The van der Waals surface area contributed by atoms with Crippen molar-refractivity contribution >= 4 is 5.97 Å². The van der Waals surface area contributed by atoms with E-state index in [1.807, 2.05) is 0 Å². The van der Waals surface area contributed by atoms with Crippen molar-refractivity contribution in [3.05, 3.63) is 23.2 Å². The lowest BCUT2D eigenvalue weighted by molar-refractivity contribution is 0.0658. The van der Waals surface area contributed by atoms with Gasteiger partial charge in [-0.15, -0.1) is 0 Å². The molecule has 1 rings (SSSR count). The van der Waals surface area contributed by atoms with Gasteiger partial charge in [-0.2, -0.15) is 0 Å². The zero-order valence-electron chi connectivity index (χ0n) is 9.90. The van der Waals surface area contributed by atoms with E-state index in [1.54, 1.807) is 20.1 Å². The molecule has 0 spiro atoms. The van der Waals surface area contributed by atoms with E-state index in [0.29, 0.717) is 24.5 Å². The van der Waals surface area contributed by atoms with E-state index in [2.05, 4.69) is 5.32 Å². The summed E-state index contributed by atoms with van der Waals surface area (Å²) in [6.45, 7) is 2.35. The number of carboxylic acid groups (broad SMARTS) is 1. The molecule has 0 radical (unpaired) electrons. The molecule has 1 aromatic rings. The summed E-state index contributed by atoms with van der Waals surface area (Å²) >= 11 is 0. The lowest BCUT2D eigenvalue weighted by Crippen LogP contribution is -2.35. The number of ether oxygens (including phenoxy) is 1. The molecule has 6 nitrogen and oxygen atoms in total. The molecule has 0 amide bonds. The average Bonchev–Trinajstić information content (AvgIpc) is 2.66. The quantitative estimate of drug-likeness (QED) is 0.641. The number of furan rings is 1. The number of rotatable bonds is 7. The van der Waals surface area contributed by atoms with Crippen molar-refractivity contribution in [3.8, 4) is 0 Å². The zero-order chi connectivity index (χ0) is 12.8. The van der Waals surface area contributed by atoms with Gasteiger partial charge in [0.1, 0.15) is 5.76 Å². The first-order valence-electron chi connectivity index (χ1n) is 5.24. The van der Waals surface area contributed by atoms with Crippen LogP contribution in [0, 0.1) is 6.92 Å². The Balaban J connectivity index is 2.57. The van der Waals surface area contributed by atoms with Gasteiger partial charge in [0.05, 0.1) is 25.8 Å². The van der Waals surface area contributed by atoms with Crippen molar-refractivity contribution in [2.24, 2.45) is 0 Å².